The lowest BCUT2D eigenvalue weighted by Gasteiger charge is -2.30. The maximum Gasteiger partial charge on any atom is 0.409 e. The number of likely N-dealkylation sites (tertiary alicyclic amines) is 1. The maximum absolute atomic E-state index is 15.0. The zero-order valence-electron chi connectivity index (χ0n) is 19.9. The van der Waals surface area contributed by atoms with Crippen molar-refractivity contribution < 1.29 is 23.8 Å². The summed E-state index contributed by atoms with van der Waals surface area (Å²) in [7, 11) is 1.36. The van der Waals surface area contributed by atoms with Gasteiger partial charge in [0, 0.05) is 24.6 Å². The molecule has 1 aromatic heterocycles. The number of aliphatic hydroxyl groups excluding tert-OH is 1. The van der Waals surface area contributed by atoms with Gasteiger partial charge in [-0.05, 0) is 30.5 Å². The van der Waals surface area contributed by atoms with Gasteiger partial charge in [0.1, 0.15) is 17.3 Å². The Morgan fingerprint density at radius 2 is 1.94 bits per heavy atom. The van der Waals surface area contributed by atoms with Crippen molar-refractivity contribution in [1.29, 1.82) is 0 Å². The molecule has 0 saturated carbocycles. The number of nitrogen functional groups attached to an aromatic ring is 1. The van der Waals surface area contributed by atoms with Crippen LogP contribution in [0.25, 0.3) is 11.3 Å². The molecule has 4 rings (SSSR count). The Hall–Kier alpha value is -4.05. The zero-order valence-corrected chi connectivity index (χ0v) is 19.9. The lowest BCUT2D eigenvalue weighted by atomic mass is 9.93. The first-order valence-corrected chi connectivity index (χ1v) is 11.6. The van der Waals surface area contributed by atoms with Gasteiger partial charge in [-0.15, -0.1) is 0 Å². The third-order valence-electron chi connectivity index (χ3n) is 6.34. The number of nitrogens with two attached hydrogens (primary N) is 1. The number of ether oxygens (including phenoxy) is 1. The van der Waals surface area contributed by atoms with Crippen LogP contribution in [0.2, 0.25) is 0 Å². The summed E-state index contributed by atoms with van der Waals surface area (Å²) < 4.78 is 19.8. The van der Waals surface area contributed by atoms with Crippen LogP contribution in [0.4, 0.5) is 15.0 Å². The highest BCUT2D eigenvalue weighted by atomic mass is 19.1. The SMILES string of the molecule is COC(=O)N1CCC(c2cnc(N)c(-c3ccc(C(=O)N[C@H](CO)c4ccccc4)c(F)c3)n2)CC1. The first-order valence-electron chi connectivity index (χ1n) is 11.6. The van der Waals surface area contributed by atoms with Crippen LogP contribution in [-0.2, 0) is 4.74 Å². The number of carbonyl (C=O) groups excluding carboxylic acids is 2. The van der Waals surface area contributed by atoms with Crippen molar-refractivity contribution in [2.24, 2.45) is 0 Å². The molecule has 2 heterocycles. The molecule has 0 spiro atoms. The summed E-state index contributed by atoms with van der Waals surface area (Å²) in [6.07, 6.45) is 2.63. The molecule has 36 heavy (non-hydrogen) atoms. The molecule has 1 aliphatic heterocycles. The van der Waals surface area contributed by atoms with Crippen LogP contribution < -0.4 is 11.1 Å². The standard InChI is InChI=1S/C26H28FN5O4/c1-36-26(35)32-11-9-17(10-12-32)21-14-29-24(28)23(30-21)18-7-8-19(20(27)13-18)25(34)31-22(15-33)16-5-3-2-4-6-16/h2-8,13-14,17,22,33H,9-12,15H2,1H3,(H2,28,29)(H,31,34)/t22-/m1/s1. The number of nitrogens with one attached hydrogen (secondary N) is 1. The van der Waals surface area contributed by atoms with E-state index in [-0.39, 0.29) is 30.0 Å². The van der Waals surface area contributed by atoms with Crippen LogP contribution in [0.5, 0.6) is 0 Å². The number of carbonyl (C=O) groups is 2. The number of anilines is 1. The van der Waals surface area contributed by atoms with Gasteiger partial charge in [-0.2, -0.15) is 0 Å². The maximum atomic E-state index is 15.0. The first kappa shape index (κ1) is 25.1. The molecule has 2 aromatic carbocycles. The topological polar surface area (TPSA) is 131 Å². The van der Waals surface area contributed by atoms with E-state index in [2.05, 4.69) is 15.3 Å². The highest BCUT2D eigenvalue weighted by molar-refractivity contribution is 5.95. The molecule has 10 heteroatoms. The first-order chi connectivity index (χ1) is 17.4. The largest absolute Gasteiger partial charge is 0.453 e. The van der Waals surface area contributed by atoms with Gasteiger partial charge in [0.2, 0.25) is 0 Å². The number of aliphatic hydroxyl groups is 1. The lowest BCUT2D eigenvalue weighted by Crippen LogP contribution is -2.37. The van der Waals surface area contributed by atoms with Gasteiger partial charge in [0.15, 0.2) is 0 Å². The Balaban J connectivity index is 1.51. The molecule has 1 fully saturated rings. The molecule has 0 aliphatic carbocycles. The van der Waals surface area contributed by atoms with Gasteiger partial charge >= 0.3 is 6.09 Å². The lowest BCUT2D eigenvalue weighted by molar-refractivity contribution is 0.0912. The predicted molar refractivity (Wildman–Crippen MR) is 132 cm³/mol. The minimum Gasteiger partial charge on any atom is -0.453 e. The van der Waals surface area contributed by atoms with Gasteiger partial charge in [0.05, 0.1) is 37.2 Å². The summed E-state index contributed by atoms with van der Waals surface area (Å²) >= 11 is 0. The average molecular weight is 494 g/mol. The van der Waals surface area contributed by atoms with Crippen molar-refractivity contribution in [3.63, 3.8) is 0 Å². The van der Waals surface area contributed by atoms with Crippen molar-refractivity contribution in [3.05, 3.63) is 77.4 Å². The number of rotatable bonds is 6. The number of benzene rings is 2. The molecule has 1 atom stereocenters. The third kappa shape index (κ3) is 5.44. The summed E-state index contributed by atoms with van der Waals surface area (Å²) in [5.41, 5.74) is 8.03. The molecular weight excluding hydrogens is 465 g/mol. The zero-order chi connectivity index (χ0) is 25.7. The van der Waals surface area contributed by atoms with E-state index in [4.69, 9.17) is 10.5 Å². The Morgan fingerprint density at radius 1 is 1.22 bits per heavy atom. The number of aromatic nitrogens is 2. The van der Waals surface area contributed by atoms with E-state index in [1.54, 1.807) is 41.4 Å². The van der Waals surface area contributed by atoms with Gasteiger partial charge in [0.25, 0.3) is 5.91 Å². The summed E-state index contributed by atoms with van der Waals surface area (Å²) in [6.45, 7) is 0.747. The van der Waals surface area contributed by atoms with Crippen LogP contribution in [0.1, 0.15) is 46.4 Å². The van der Waals surface area contributed by atoms with Crippen LogP contribution in [0.15, 0.2) is 54.7 Å². The van der Waals surface area contributed by atoms with Crippen LogP contribution in [0, 0.1) is 5.82 Å². The minimum absolute atomic E-state index is 0.0704. The molecule has 1 saturated heterocycles. The number of piperidine rings is 1. The van der Waals surface area contributed by atoms with E-state index in [0.717, 1.165) is 0 Å². The molecule has 0 unspecified atom stereocenters. The van der Waals surface area contributed by atoms with E-state index in [0.29, 0.717) is 48.4 Å². The van der Waals surface area contributed by atoms with Gasteiger partial charge in [-0.25, -0.2) is 19.2 Å². The smallest absolute Gasteiger partial charge is 0.409 e. The average Bonchev–Trinajstić information content (AvgIpc) is 2.92. The fraction of sp³-hybridized carbons (Fsp3) is 0.308. The number of nitrogens with zero attached hydrogens (tertiary/aromatic N) is 3. The monoisotopic (exact) mass is 493 g/mol. The van der Waals surface area contributed by atoms with Crippen LogP contribution >= 0.6 is 0 Å². The highest BCUT2D eigenvalue weighted by Crippen LogP contribution is 2.31. The van der Waals surface area contributed by atoms with E-state index in [1.807, 2.05) is 6.07 Å². The Bertz CT molecular complexity index is 1230. The van der Waals surface area contributed by atoms with Crippen molar-refractivity contribution in [3.8, 4) is 11.3 Å². The van der Waals surface area contributed by atoms with Crippen molar-refractivity contribution in [2.75, 3.05) is 32.5 Å². The quantitative estimate of drug-likeness (QED) is 0.480. The summed E-state index contributed by atoms with van der Waals surface area (Å²) in [6, 6.07) is 12.4. The van der Waals surface area contributed by atoms with E-state index in [9.17, 15) is 14.7 Å². The Labute approximate surface area is 208 Å². The van der Waals surface area contributed by atoms with Crippen LogP contribution in [0.3, 0.4) is 0 Å². The second-order valence-electron chi connectivity index (χ2n) is 8.57. The third-order valence-corrected chi connectivity index (χ3v) is 6.34. The number of hydrogen-bond donors (Lipinski definition) is 3. The second kappa shape index (κ2) is 11.1. The van der Waals surface area contributed by atoms with Crippen molar-refractivity contribution in [2.45, 2.75) is 24.8 Å². The van der Waals surface area contributed by atoms with E-state index < -0.39 is 17.8 Å². The summed E-state index contributed by atoms with van der Waals surface area (Å²) in [5, 5.41) is 12.4. The number of amides is 2. The molecule has 0 radical (unpaired) electrons. The molecule has 9 nitrogen and oxygen atoms in total. The molecule has 1 aliphatic rings. The summed E-state index contributed by atoms with van der Waals surface area (Å²) in [5.74, 6) is -1.17. The van der Waals surface area contributed by atoms with Crippen molar-refractivity contribution >= 4 is 17.8 Å². The molecule has 2 amide bonds. The highest BCUT2D eigenvalue weighted by Gasteiger charge is 2.26. The minimum atomic E-state index is -0.743. The van der Waals surface area contributed by atoms with E-state index >= 15 is 4.39 Å². The van der Waals surface area contributed by atoms with Crippen molar-refractivity contribution in [1.82, 2.24) is 20.2 Å². The normalized spacial score (nSPS) is 14.8. The fourth-order valence-corrected chi connectivity index (χ4v) is 4.31. The van der Waals surface area contributed by atoms with Gasteiger partial charge < -0.3 is 25.8 Å². The summed E-state index contributed by atoms with van der Waals surface area (Å²) in [4.78, 5) is 35.0. The molecule has 0 bridgehead atoms. The Morgan fingerprint density at radius 3 is 2.58 bits per heavy atom. The number of halogens is 1. The molecule has 4 N–H and O–H groups in total. The van der Waals surface area contributed by atoms with Gasteiger partial charge in [-0.1, -0.05) is 36.4 Å². The second-order valence-corrected chi connectivity index (χ2v) is 8.57. The number of hydrogen-bond acceptors (Lipinski definition) is 7. The molecule has 188 valence electrons. The predicted octanol–water partition coefficient (Wildman–Crippen LogP) is 3.27. The fourth-order valence-electron chi connectivity index (χ4n) is 4.31. The number of methoxy groups -OCH3 is 1. The van der Waals surface area contributed by atoms with E-state index in [1.165, 1.54) is 19.2 Å². The molecule has 3 aromatic rings. The van der Waals surface area contributed by atoms with Crippen LogP contribution in [-0.4, -0.2) is 58.8 Å². The van der Waals surface area contributed by atoms with Gasteiger partial charge in [-0.3, -0.25) is 4.79 Å². The molecular formula is C26H28FN5O4. The Kier molecular flexibility index (Phi) is 7.74.